The van der Waals surface area contributed by atoms with Gasteiger partial charge in [0.1, 0.15) is 0 Å². The Morgan fingerprint density at radius 3 is 1.75 bits per heavy atom. The zero-order valence-corrected chi connectivity index (χ0v) is 12.5. The third-order valence-corrected chi connectivity index (χ3v) is 3.01. The molecule has 2 nitrogen and oxygen atoms in total. The molecule has 0 fully saturated rings. The molecule has 0 rings (SSSR count). The second kappa shape index (κ2) is 8.08. The molecule has 1 unspecified atom stereocenters. The third-order valence-electron chi connectivity index (χ3n) is 3.01. The minimum atomic E-state index is 0.692. The maximum absolute atomic E-state index is 2.48. The van der Waals surface area contributed by atoms with Gasteiger partial charge in [0.2, 0.25) is 0 Å². The number of hydrogen-bond donors (Lipinski definition) is 0. The van der Waals surface area contributed by atoms with Gasteiger partial charge in [-0.3, -0.25) is 0 Å². The van der Waals surface area contributed by atoms with Crippen molar-refractivity contribution in [2.75, 3.05) is 33.7 Å². The van der Waals surface area contributed by atoms with E-state index in [1.54, 1.807) is 0 Å². The van der Waals surface area contributed by atoms with Gasteiger partial charge in [-0.2, -0.15) is 0 Å². The molecule has 0 saturated carbocycles. The Morgan fingerprint density at radius 1 is 0.812 bits per heavy atom. The van der Waals surface area contributed by atoms with E-state index >= 15 is 0 Å². The minimum absolute atomic E-state index is 0.692. The van der Waals surface area contributed by atoms with E-state index in [0.717, 1.165) is 11.8 Å². The Kier molecular flexibility index (Phi) is 8.04. The Morgan fingerprint density at radius 2 is 1.31 bits per heavy atom. The summed E-state index contributed by atoms with van der Waals surface area (Å²) < 4.78 is 0. The second-order valence-electron chi connectivity index (χ2n) is 6.13. The average molecular weight is 228 g/mol. The van der Waals surface area contributed by atoms with Gasteiger partial charge in [0.25, 0.3) is 0 Å². The van der Waals surface area contributed by atoms with Crippen molar-refractivity contribution in [3.63, 3.8) is 0 Å². The van der Waals surface area contributed by atoms with E-state index in [9.17, 15) is 0 Å². The fraction of sp³-hybridized carbons (Fsp3) is 1.00. The Hall–Kier alpha value is -0.0800. The molecule has 0 amide bonds. The van der Waals surface area contributed by atoms with E-state index in [0.29, 0.717) is 6.04 Å². The molecule has 0 spiro atoms. The lowest BCUT2D eigenvalue weighted by Crippen LogP contribution is -2.35. The van der Waals surface area contributed by atoms with Crippen molar-refractivity contribution in [1.29, 1.82) is 0 Å². The highest BCUT2D eigenvalue weighted by Gasteiger charge is 2.11. The van der Waals surface area contributed by atoms with Crippen LogP contribution in [-0.2, 0) is 0 Å². The monoisotopic (exact) mass is 228 g/mol. The summed E-state index contributed by atoms with van der Waals surface area (Å²) in [5.74, 6) is 1.54. The Labute approximate surface area is 103 Å². The number of rotatable bonds is 8. The molecule has 1 atom stereocenters. The first-order valence-electron chi connectivity index (χ1n) is 6.71. The van der Waals surface area contributed by atoms with E-state index in [1.807, 2.05) is 0 Å². The summed E-state index contributed by atoms with van der Waals surface area (Å²) in [5.41, 5.74) is 0. The molecule has 0 aromatic rings. The molecule has 0 N–H and O–H groups in total. The van der Waals surface area contributed by atoms with Crippen LogP contribution in [0.25, 0.3) is 0 Å². The van der Waals surface area contributed by atoms with Crippen molar-refractivity contribution in [3.8, 4) is 0 Å². The molecule has 0 aliphatic heterocycles. The van der Waals surface area contributed by atoms with Crippen LogP contribution >= 0.6 is 0 Å². The fourth-order valence-electron chi connectivity index (χ4n) is 2.10. The van der Waals surface area contributed by atoms with Crippen molar-refractivity contribution in [1.82, 2.24) is 9.80 Å². The molecule has 0 bridgehead atoms. The van der Waals surface area contributed by atoms with Gasteiger partial charge < -0.3 is 9.80 Å². The molecule has 2 heteroatoms. The summed E-state index contributed by atoms with van der Waals surface area (Å²) in [7, 11) is 4.47. The van der Waals surface area contributed by atoms with Crippen molar-refractivity contribution in [2.24, 2.45) is 11.8 Å². The Bertz CT molecular complexity index is 166. The van der Waals surface area contributed by atoms with Crippen LogP contribution in [0.4, 0.5) is 0 Å². The smallest absolute Gasteiger partial charge is 0.00761 e. The summed E-state index contributed by atoms with van der Waals surface area (Å²) in [6.45, 7) is 15.1. The van der Waals surface area contributed by atoms with Gasteiger partial charge in [0.15, 0.2) is 0 Å². The molecular weight excluding hydrogens is 196 g/mol. The first kappa shape index (κ1) is 15.9. The van der Waals surface area contributed by atoms with Crippen LogP contribution in [0.3, 0.4) is 0 Å². The van der Waals surface area contributed by atoms with E-state index in [2.05, 4.69) is 58.5 Å². The molecule has 0 aliphatic rings. The lowest BCUT2D eigenvalue weighted by atomic mass is 10.1. The molecule has 0 aliphatic carbocycles. The quantitative estimate of drug-likeness (QED) is 0.630. The maximum Gasteiger partial charge on any atom is 0.00761 e. The molecule has 0 heterocycles. The van der Waals surface area contributed by atoms with Crippen LogP contribution in [0.15, 0.2) is 0 Å². The van der Waals surface area contributed by atoms with Crippen molar-refractivity contribution < 1.29 is 0 Å². The van der Waals surface area contributed by atoms with E-state index < -0.39 is 0 Å². The van der Waals surface area contributed by atoms with Crippen LogP contribution in [0.1, 0.15) is 41.0 Å². The Balaban J connectivity index is 3.74. The van der Waals surface area contributed by atoms with Gasteiger partial charge in [0.05, 0.1) is 0 Å². The molecule has 0 radical (unpaired) electrons. The summed E-state index contributed by atoms with van der Waals surface area (Å²) in [6.07, 6.45) is 1.27. The summed E-state index contributed by atoms with van der Waals surface area (Å²) in [4.78, 5) is 4.93. The normalized spacial score (nSPS) is 14.4. The summed E-state index contributed by atoms with van der Waals surface area (Å²) >= 11 is 0. The lowest BCUT2D eigenvalue weighted by molar-refractivity contribution is 0.194. The van der Waals surface area contributed by atoms with Crippen molar-refractivity contribution >= 4 is 0 Å². The first-order valence-corrected chi connectivity index (χ1v) is 6.71. The van der Waals surface area contributed by atoms with Gasteiger partial charge >= 0.3 is 0 Å². The van der Waals surface area contributed by atoms with E-state index in [-0.39, 0.29) is 0 Å². The van der Waals surface area contributed by atoms with Crippen LogP contribution < -0.4 is 0 Å². The zero-order valence-electron chi connectivity index (χ0n) is 12.5. The largest absolute Gasteiger partial charge is 0.306 e. The minimum Gasteiger partial charge on any atom is -0.306 e. The van der Waals surface area contributed by atoms with Gasteiger partial charge in [0, 0.05) is 19.1 Å². The van der Waals surface area contributed by atoms with Crippen molar-refractivity contribution in [2.45, 2.75) is 47.1 Å². The average Bonchev–Trinajstić information content (AvgIpc) is 2.11. The lowest BCUT2D eigenvalue weighted by Gasteiger charge is -2.28. The van der Waals surface area contributed by atoms with Crippen LogP contribution in [-0.4, -0.2) is 49.6 Å². The van der Waals surface area contributed by atoms with E-state index in [4.69, 9.17) is 0 Å². The van der Waals surface area contributed by atoms with E-state index in [1.165, 1.54) is 26.1 Å². The fourth-order valence-corrected chi connectivity index (χ4v) is 2.10. The van der Waals surface area contributed by atoms with Crippen LogP contribution in [0, 0.1) is 11.8 Å². The maximum atomic E-state index is 2.48. The molecule has 16 heavy (non-hydrogen) atoms. The SMILES string of the molecule is CC(C)CN(C)CCC(C)N(C)CC(C)C. The molecule has 0 aromatic heterocycles. The molecule has 0 aromatic carbocycles. The third kappa shape index (κ3) is 8.12. The highest BCUT2D eigenvalue weighted by molar-refractivity contribution is 4.67. The number of hydrogen-bond acceptors (Lipinski definition) is 2. The molecular formula is C14H32N2. The summed E-state index contributed by atoms with van der Waals surface area (Å²) in [5, 5.41) is 0. The first-order chi connectivity index (χ1) is 7.32. The zero-order chi connectivity index (χ0) is 12.7. The number of nitrogens with zero attached hydrogens (tertiary/aromatic N) is 2. The highest BCUT2D eigenvalue weighted by Crippen LogP contribution is 2.06. The van der Waals surface area contributed by atoms with Crippen LogP contribution in [0.2, 0.25) is 0 Å². The van der Waals surface area contributed by atoms with Gasteiger partial charge in [-0.15, -0.1) is 0 Å². The standard InChI is InChI=1S/C14H32N2/c1-12(2)10-15(6)9-8-14(5)16(7)11-13(3)4/h12-14H,8-11H2,1-7H3. The van der Waals surface area contributed by atoms with Gasteiger partial charge in [-0.05, 0) is 45.8 Å². The predicted molar refractivity (Wildman–Crippen MR) is 73.9 cm³/mol. The highest BCUT2D eigenvalue weighted by atomic mass is 15.1. The van der Waals surface area contributed by atoms with Gasteiger partial charge in [-0.1, -0.05) is 27.7 Å². The van der Waals surface area contributed by atoms with Gasteiger partial charge in [-0.25, -0.2) is 0 Å². The van der Waals surface area contributed by atoms with Crippen molar-refractivity contribution in [3.05, 3.63) is 0 Å². The van der Waals surface area contributed by atoms with Crippen LogP contribution in [0.5, 0.6) is 0 Å². The second-order valence-corrected chi connectivity index (χ2v) is 6.13. The predicted octanol–water partition coefficient (Wildman–Crippen LogP) is 2.94. The topological polar surface area (TPSA) is 6.48 Å². The molecule has 0 saturated heterocycles. The summed E-state index contributed by atoms with van der Waals surface area (Å²) in [6, 6.07) is 0.692. The molecule has 98 valence electrons.